The number of halogens is 2. The maximum absolute atomic E-state index is 6.18. The number of methoxy groups -OCH3 is 1. The van der Waals surface area contributed by atoms with Crippen LogP contribution in [-0.2, 0) is 0 Å². The minimum Gasteiger partial charge on any atom is -0.497 e. The highest BCUT2D eigenvalue weighted by molar-refractivity contribution is 6.39. The molecule has 110 valence electrons. The van der Waals surface area contributed by atoms with E-state index in [1.807, 2.05) is 30.3 Å². The Morgan fingerprint density at radius 3 is 2.19 bits per heavy atom. The lowest BCUT2D eigenvalue weighted by Gasteiger charge is -2.37. The quantitative estimate of drug-likeness (QED) is 0.818. The second-order valence-electron chi connectivity index (χ2n) is 5.38. The average molecular weight is 322 g/mol. The molecule has 0 spiro atoms. The number of nitrogens with one attached hydrogen (secondary N) is 1. The van der Waals surface area contributed by atoms with Crippen molar-refractivity contribution in [3.8, 4) is 5.75 Å². The molecule has 2 aromatic rings. The Labute approximate surface area is 135 Å². The van der Waals surface area contributed by atoms with Gasteiger partial charge >= 0.3 is 0 Å². The lowest BCUT2D eigenvalue weighted by atomic mass is 9.76. The van der Waals surface area contributed by atoms with Gasteiger partial charge in [0.25, 0.3) is 0 Å². The summed E-state index contributed by atoms with van der Waals surface area (Å²) < 4.78 is 5.19. The van der Waals surface area contributed by atoms with E-state index in [1.54, 1.807) is 7.11 Å². The van der Waals surface area contributed by atoms with Gasteiger partial charge in [0.15, 0.2) is 0 Å². The van der Waals surface area contributed by atoms with Crippen molar-refractivity contribution < 1.29 is 4.74 Å². The van der Waals surface area contributed by atoms with Gasteiger partial charge in [-0.3, -0.25) is 0 Å². The molecule has 3 rings (SSSR count). The molecule has 0 bridgehead atoms. The zero-order chi connectivity index (χ0) is 14.8. The molecule has 1 aliphatic rings. The van der Waals surface area contributed by atoms with Gasteiger partial charge in [-0.05, 0) is 48.6 Å². The maximum atomic E-state index is 6.18. The molecule has 1 saturated carbocycles. The van der Waals surface area contributed by atoms with E-state index >= 15 is 0 Å². The van der Waals surface area contributed by atoms with Crippen molar-refractivity contribution in [1.29, 1.82) is 0 Å². The van der Waals surface area contributed by atoms with E-state index in [9.17, 15) is 0 Å². The van der Waals surface area contributed by atoms with Gasteiger partial charge in [-0.1, -0.05) is 41.4 Å². The average Bonchev–Trinajstić information content (AvgIpc) is 2.45. The third-order valence-electron chi connectivity index (χ3n) is 4.04. The molecule has 0 saturated heterocycles. The van der Waals surface area contributed by atoms with Crippen molar-refractivity contribution in [2.24, 2.45) is 0 Å². The summed E-state index contributed by atoms with van der Waals surface area (Å²) in [5, 5.41) is 4.80. The van der Waals surface area contributed by atoms with E-state index in [4.69, 9.17) is 27.9 Å². The van der Waals surface area contributed by atoms with Crippen molar-refractivity contribution in [3.63, 3.8) is 0 Å². The van der Waals surface area contributed by atoms with Crippen LogP contribution in [0.4, 0.5) is 5.69 Å². The molecule has 2 aromatic carbocycles. The summed E-state index contributed by atoms with van der Waals surface area (Å²) in [5.74, 6) is 1.49. The number of ether oxygens (including phenoxy) is 1. The molecule has 0 radical (unpaired) electrons. The highest BCUT2D eigenvalue weighted by atomic mass is 35.5. The van der Waals surface area contributed by atoms with Gasteiger partial charge in [-0.25, -0.2) is 0 Å². The minimum atomic E-state index is 0.425. The summed E-state index contributed by atoms with van der Waals surface area (Å²) in [4.78, 5) is 0. The molecule has 0 atom stereocenters. The van der Waals surface area contributed by atoms with Gasteiger partial charge in [-0.15, -0.1) is 0 Å². The predicted octanol–water partition coefficient (Wildman–Crippen LogP) is 5.36. The van der Waals surface area contributed by atoms with Gasteiger partial charge in [0, 0.05) is 6.04 Å². The van der Waals surface area contributed by atoms with E-state index in [1.165, 1.54) is 5.56 Å². The van der Waals surface area contributed by atoms with Crippen LogP contribution >= 0.6 is 23.2 Å². The molecule has 0 amide bonds. The summed E-state index contributed by atoms with van der Waals surface area (Å²) in [6, 6.07) is 14.3. The first-order valence-corrected chi connectivity index (χ1v) is 7.77. The minimum absolute atomic E-state index is 0.425. The molecule has 0 unspecified atom stereocenters. The SMILES string of the molecule is COc1ccc(C2CC(Nc3c(Cl)cccc3Cl)C2)cc1. The number of anilines is 1. The van der Waals surface area contributed by atoms with E-state index < -0.39 is 0 Å². The van der Waals surface area contributed by atoms with Gasteiger partial charge in [-0.2, -0.15) is 0 Å². The first kappa shape index (κ1) is 14.6. The Kier molecular flexibility index (Phi) is 4.27. The Morgan fingerprint density at radius 2 is 1.62 bits per heavy atom. The number of rotatable bonds is 4. The van der Waals surface area contributed by atoms with E-state index in [2.05, 4.69) is 17.4 Å². The molecule has 0 aliphatic heterocycles. The van der Waals surface area contributed by atoms with E-state index in [0.29, 0.717) is 22.0 Å². The predicted molar refractivity (Wildman–Crippen MR) is 88.8 cm³/mol. The third-order valence-corrected chi connectivity index (χ3v) is 4.67. The molecule has 0 aromatic heterocycles. The van der Waals surface area contributed by atoms with Gasteiger partial charge in [0.05, 0.1) is 22.8 Å². The topological polar surface area (TPSA) is 21.3 Å². The van der Waals surface area contributed by atoms with E-state index in [0.717, 1.165) is 24.3 Å². The molecule has 4 heteroatoms. The van der Waals surface area contributed by atoms with Crippen molar-refractivity contribution in [2.45, 2.75) is 24.8 Å². The zero-order valence-electron chi connectivity index (χ0n) is 11.8. The van der Waals surface area contributed by atoms with Crippen LogP contribution in [0.15, 0.2) is 42.5 Å². The van der Waals surface area contributed by atoms with Crippen molar-refractivity contribution in [3.05, 3.63) is 58.1 Å². The first-order chi connectivity index (χ1) is 10.2. The highest BCUT2D eigenvalue weighted by Gasteiger charge is 2.30. The van der Waals surface area contributed by atoms with Crippen LogP contribution in [0.3, 0.4) is 0 Å². The number of benzene rings is 2. The fourth-order valence-electron chi connectivity index (χ4n) is 2.72. The summed E-state index contributed by atoms with van der Waals surface area (Å²) in [7, 11) is 1.69. The molecule has 0 heterocycles. The smallest absolute Gasteiger partial charge is 0.118 e. The second kappa shape index (κ2) is 6.17. The fraction of sp³-hybridized carbons (Fsp3) is 0.294. The van der Waals surface area contributed by atoms with Gasteiger partial charge in [0.1, 0.15) is 5.75 Å². The molecular formula is C17H17Cl2NO. The van der Waals surface area contributed by atoms with Gasteiger partial charge < -0.3 is 10.1 Å². The van der Waals surface area contributed by atoms with Crippen LogP contribution in [0.5, 0.6) is 5.75 Å². The molecule has 21 heavy (non-hydrogen) atoms. The molecule has 1 fully saturated rings. The Morgan fingerprint density at radius 1 is 1.00 bits per heavy atom. The van der Waals surface area contributed by atoms with Crippen LogP contribution in [0.2, 0.25) is 10.0 Å². The van der Waals surface area contributed by atoms with Crippen molar-refractivity contribution in [2.75, 3.05) is 12.4 Å². The number of hydrogen-bond acceptors (Lipinski definition) is 2. The summed E-state index contributed by atoms with van der Waals surface area (Å²) in [6.45, 7) is 0. The normalized spacial score (nSPS) is 20.7. The van der Waals surface area contributed by atoms with Crippen LogP contribution in [-0.4, -0.2) is 13.2 Å². The fourth-order valence-corrected chi connectivity index (χ4v) is 3.23. The zero-order valence-corrected chi connectivity index (χ0v) is 13.3. The standard InChI is InChI=1S/C17H17Cl2NO/c1-21-14-7-5-11(6-8-14)12-9-13(10-12)20-17-15(18)3-2-4-16(17)19/h2-8,12-13,20H,9-10H2,1H3. The lowest BCUT2D eigenvalue weighted by Crippen LogP contribution is -2.34. The summed E-state index contributed by atoms with van der Waals surface area (Å²) >= 11 is 12.4. The van der Waals surface area contributed by atoms with Crippen LogP contribution in [0.1, 0.15) is 24.3 Å². The first-order valence-electron chi connectivity index (χ1n) is 7.02. The summed E-state index contributed by atoms with van der Waals surface area (Å²) in [5.41, 5.74) is 2.21. The molecule has 1 aliphatic carbocycles. The summed E-state index contributed by atoms with van der Waals surface area (Å²) in [6.07, 6.45) is 2.18. The van der Waals surface area contributed by atoms with Gasteiger partial charge in [0.2, 0.25) is 0 Å². The largest absolute Gasteiger partial charge is 0.497 e. The number of para-hydroxylation sites is 1. The van der Waals surface area contributed by atoms with Crippen LogP contribution in [0.25, 0.3) is 0 Å². The molecule has 1 N–H and O–H groups in total. The molecule has 2 nitrogen and oxygen atoms in total. The van der Waals surface area contributed by atoms with Crippen molar-refractivity contribution >= 4 is 28.9 Å². The lowest BCUT2D eigenvalue weighted by molar-refractivity contribution is 0.373. The Balaban J connectivity index is 1.60. The molecular weight excluding hydrogens is 305 g/mol. The highest BCUT2D eigenvalue weighted by Crippen LogP contribution is 2.41. The Hall–Kier alpha value is -1.38. The Bertz CT molecular complexity index is 601. The number of hydrogen-bond donors (Lipinski definition) is 1. The van der Waals surface area contributed by atoms with Crippen LogP contribution in [0, 0.1) is 0 Å². The van der Waals surface area contributed by atoms with Crippen LogP contribution < -0.4 is 10.1 Å². The van der Waals surface area contributed by atoms with Crippen molar-refractivity contribution in [1.82, 2.24) is 0 Å². The monoisotopic (exact) mass is 321 g/mol. The maximum Gasteiger partial charge on any atom is 0.118 e. The van der Waals surface area contributed by atoms with E-state index in [-0.39, 0.29) is 0 Å². The second-order valence-corrected chi connectivity index (χ2v) is 6.19. The third kappa shape index (κ3) is 3.12.